The van der Waals surface area contributed by atoms with E-state index in [9.17, 15) is 0 Å². The number of nitrogens with two attached hydrogens (primary N) is 1. The van der Waals surface area contributed by atoms with Crippen LogP contribution in [0.5, 0.6) is 0 Å². The third kappa shape index (κ3) is 2.38. The Morgan fingerprint density at radius 1 is 1.67 bits per heavy atom. The van der Waals surface area contributed by atoms with E-state index in [0.29, 0.717) is 18.5 Å². The third-order valence-electron chi connectivity index (χ3n) is 3.07. The highest BCUT2D eigenvalue weighted by Crippen LogP contribution is 2.30. The van der Waals surface area contributed by atoms with Crippen molar-refractivity contribution in [2.75, 3.05) is 13.1 Å². The Labute approximate surface area is 95.3 Å². The minimum absolute atomic E-state index is 0.623. The zero-order valence-electron chi connectivity index (χ0n) is 9.44. The molecule has 1 saturated heterocycles. The van der Waals surface area contributed by atoms with Crippen LogP contribution in [0.4, 0.5) is 0 Å². The van der Waals surface area contributed by atoms with Gasteiger partial charge in [-0.1, -0.05) is 0 Å². The van der Waals surface area contributed by atoms with Crippen molar-refractivity contribution in [1.82, 2.24) is 9.88 Å². The van der Waals surface area contributed by atoms with Gasteiger partial charge in [-0.3, -0.25) is 0 Å². The number of likely N-dealkylation sites (tertiary alicyclic amines) is 1. The summed E-state index contributed by atoms with van der Waals surface area (Å²) in [6, 6.07) is 0.656. The van der Waals surface area contributed by atoms with Gasteiger partial charge in [-0.2, -0.15) is 0 Å². The summed E-state index contributed by atoms with van der Waals surface area (Å²) in [6.07, 6.45) is 3.17. The van der Waals surface area contributed by atoms with Gasteiger partial charge in [0.2, 0.25) is 0 Å². The SMILES string of the molecule is CC(C)N1CCC(c2ncc(CN)s2)C1. The second-order valence-corrected chi connectivity index (χ2v) is 5.59. The molecule has 0 aromatic carbocycles. The number of thiazole rings is 1. The molecule has 2 N–H and O–H groups in total. The molecule has 1 unspecified atom stereocenters. The molecular formula is C11H19N3S. The maximum Gasteiger partial charge on any atom is 0.0972 e. The molecule has 1 atom stereocenters. The van der Waals surface area contributed by atoms with Gasteiger partial charge in [0.1, 0.15) is 0 Å². The molecular weight excluding hydrogens is 206 g/mol. The zero-order valence-corrected chi connectivity index (χ0v) is 10.3. The van der Waals surface area contributed by atoms with Gasteiger partial charge in [0.15, 0.2) is 0 Å². The van der Waals surface area contributed by atoms with E-state index in [4.69, 9.17) is 5.73 Å². The van der Waals surface area contributed by atoms with E-state index in [2.05, 4.69) is 23.7 Å². The second-order valence-electron chi connectivity index (χ2n) is 4.44. The highest BCUT2D eigenvalue weighted by Gasteiger charge is 2.27. The van der Waals surface area contributed by atoms with Crippen molar-refractivity contribution < 1.29 is 0 Å². The number of nitrogens with zero attached hydrogens (tertiary/aromatic N) is 2. The fourth-order valence-electron chi connectivity index (χ4n) is 2.06. The summed E-state index contributed by atoms with van der Waals surface area (Å²) in [5.41, 5.74) is 5.60. The number of hydrogen-bond acceptors (Lipinski definition) is 4. The van der Waals surface area contributed by atoms with Gasteiger partial charge in [-0.25, -0.2) is 4.98 Å². The molecule has 0 bridgehead atoms. The molecule has 1 aliphatic rings. The molecule has 1 fully saturated rings. The molecule has 0 saturated carbocycles. The summed E-state index contributed by atoms with van der Waals surface area (Å²) in [5.74, 6) is 0.637. The van der Waals surface area contributed by atoms with Crippen molar-refractivity contribution in [1.29, 1.82) is 0 Å². The van der Waals surface area contributed by atoms with Crippen molar-refractivity contribution in [3.63, 3.8) is 0 Å². The van der Waals surface area contributed by atoms with Crippen LogP contribution in [0.1, 0.15) is 36.1 Å². The summed E-state index contributed by atoms with van der Waals surface area (Å²) in [4.78, 5) is 8.20. The van der Waals surface area contributed by atoms with E-state index in [0.717, 1.165) is 6.54 Å². The quantitative estimate of drug-likeness (QED) is 0.853. The Morgan fingerprint density at radius 2 is 2.47 bits per heavy atom. The van der Waals surface area contributed by atoms with Gasteiger partial charge in [-0.15, -0.1) is 11.3 Å². The molecule has 1 aromatic heterocycles. The normalized spacial score (nSPS) is 22.8. The van der Waals surface area contributed by atoms with E-state index in [1.165, 1.54) is 22.9 Å². The number of aromatic nitrogens is 1. The van der Waals surface area contributed by atoms with Crippen LogP contribution in [0.2, 0.25) is 0 Å². The van der Waals surface area contributed by atoms with Crippen molar-refractivity contribution in [3.05, 3.63) is 16.1 Å². The standard InChI is InChI=1S/C11H19N3S/c1-8(2)14-4-3-9(7-14)11-13-6-10(5-12)15-11/h6,8-9H,3-5,7,12H2,1-2H3. The minimum Gasteiger partial charge on any atom is -0.326 e. The summed E-state index contributed by atoms with van der Waals surface area (Å²) in [5, 5.41) is 1.28. The van der Waals surface area contributed by atoms with Crippen LogP contribution in [0.25, 0.3) is 0 Å². The lowest BCUT2D eigenvalue weighted by Gasteiger charge is -2.19. The zero-order chi connectivity index (χ0) is 10.8. The highest BCUT2D eigenvalue weighted by atomic mass is 32.1. The molecule has 1 aromatic rings. The fourth-order valence-corrected chi connectivity index (χ4v) is 2.99. The molecule has 15 heavy (non-hydrogen) atoms. The summed E-state index contributed by atoms with van der Waals surface area (Å²) >= 11 is 1.78. The largest absolute Gasteiger partial charge is 0.326 e. The van der Waals surface area contributed by atoms with E-state index in [-0.39, 0.29) is 0 Å². The van der Waals surface area contributed by atoms with E-state index < -0.39 is 0 Å². The van der Waals surface area contributed by atoms with Gasteiger partial charge in [-0.05, 0) is 26.8 Å². The van der Waals surface area contributed by atoms with Gasteiger partial charge in [0.05, 0.1) is 5.01 Å². The summed E-state index contributed by atoms with van der Waals surface area (Å²) in [6.45, 7) is 7.51. The van der Waals surface area contributed by atoms with Crippen molar-refractivity contribution in [2.45, 2.75) is 38.8 Å². The van der Waals surface area contributed by atoms with Crippen LogP contribution in [0.3, 0.4) is 0 Å². The topological polar surface area (TPSA) is 42.2 Å². The van der Waals surface area contributed by atoms with Crippen molar-refractivity contribution in [2.24, 2.45) is 5.73 Å². The fraction of sp³-hybridized carbons (Fsp3) is 0.727. The molecule has 0 aliphatic carbocycles. The maximum atomic E-state index is 5.60. The molecule has 0 radical (unpaired) electrons. The highest BCUT2D eigenvalue weighted by molar-refractivity contribution is 7.11. The Morgan fingerprint density at radius 3 is 3.00 bits per heavy atom. The number of rotatable bonds is 3. The first-order valence-electron chi connectivity index (χ1n) is 5.59. The third-order valence-corrected chi connectivity index (χ3v) is 4.25. The van der Waals surface area contributed by atoms with Gasteiger partial charge >= 0.3 is 0 Å². The first kappa shape index (κ1) is 11.0. The first-order valence-corrected chi connectivity index (χ1v) is 6.41. The van der Waals surface area contributed by atoms with E-state index in [1.54, 1.807) is 11.3 Å². The van der Waals surface area contributed by atoms with Crippen molar-refractivity contribution in [3.8, 4) is 0 Å². The van der Waals surface area contributed by atoms with Crippen LogP contribution in [-0.4, -0.2) is 29.0 Å². The average Bonchev–Trinajstić information content (AvgIpc) is 2.86. The van der Waals surface area contributed by atoms with Crippen LogP contribution in [0, 0.1) is 0 Å². The van der Waals surface area contributed by atoms with Crippen LogP contribution < -0.4 is 5.73 Å². The smallest absolute Gasteiger partial charge is 0.0972 e. The summed E-state index contributed by atoms with van der Waals surface area (Å²) < 4.78 is 0. The van der Waals surface area contributed by atoms with Crippen LogP contribution in [-0.2, 0) is 6.54 Å². The predicted octanol–water partition coefficient (Wildman–Crippen LogP) is 1.80. The van der Waals surface area contributed by atoms with Gasteiger partial charge < -0.3 is 10.6 Å². The Kier molecular flexibility index (Phi) is 3.38. The lowest BCUT2D eigenvalue weighted by Crippen LogP contribution is -2.27. The molecule has 0 amide bonds. The van der Waals surface area contributed by atoms with E-state index in [1.807, 2.05) is 6.20 Å². The maximum absolute atomic E-state index is 5.60. The molecule has 84 valence electrons. The van der Waals surface area contributed by atoms with Crippen LogP contribution >= 0.6 is 11.3 Å². The molecule has 4 heteroatoms. The van der Waals surface area contributed by atoms with Crippen LogP contribution in [0.15, 0.2) is 6.20 Å². The number of hydrogen-bond donors (Lipinski definition) is 1. The Bertz CT molecular complexity index is 321. The van der Waals surface area contributed by atoms with Gasteiger partial charge in [0, 0.05) is 36.1 Å². The monoisotopic (exact) mass is 225 g/mol. The molecule has 2 heterocycles. The first-order chi connectivity index (χ1) is 7.20. The molecule has 1 aliphatic heterocycles. The summed E-state index contributed by atoms with van der Waals surface area (Å²) in [7, 11) is 0. The average molecular weight is 225 g/mol. The lowest BCUT2D eigenvalue weighted by atomic mass is 10.1. The Hall–Kier alpha value is -0.450. The van der Waals surface area contributed by atoms with Crippen molar-refractivity contribution >= 4 is 11.3 Å². The van der Waals surface area contributed by atoms with Gasteiger partial charge in [0.25, 0.3) is 0 Å². The second kappa shape index (κ2) is 4.60. The molecule has 3 nitrogen and oxygen atoms in total. The molecule has 2 rings (SSSR count). The molecule has 0 spiro atoms. The van der Waals surface area contributed by atoms with E-state index >= 15 is 0 Å². The Balaban J connectivity index is 2.01. The predicted molar refractivity (Wildman–Crippen MR) is 64.1 cm³/mol. The minimum atomic E-state index is 0.623. The lowest BCUT2D eigenvalue weighted by molar-refractivity contribution is 0.272.